The van der Waals surface area contributed by atoms with Crippen LogP contribution < -0.4 is 14.9 Å². The van der Waals surface area contributed by atoms with Gasteiger partial charge in [-0.15, -0.1) is 0 Å². The third-order valence-corrected chi connectivity index (χ3v) is 3.96. The minimum atomic E-state index is -0.665. The number of methoxy groups -OCH3 is 1. The molecule has 0 aliphatic heterocycles. The first-order valence-corrected chi connectivity index (χ1v) is 8.71. The smallest absolute Gasteiger partial charge is 0.343 e. The minimum absolute atomic E-state index is 0.166. The summed E-state index contributed by atoms with van der Waals surface area (Å²) >= 11 is 0. The van der Waals surface area contributed by atoms with Gasteiger partial charge in [-0.1, -0.05) is 0 Å². The highest BCUT2D eigenvalue weighted by Gasteiger charge is 2.13. The van der Waals surface area contributed by atoms with Crippen molar-refractivity contribution in [3.8, 4) is 11.5 Å². The highest BCUT2D eigenvalue weighted by molar-refractivity contribution is 5.95. The summed E-state index contributed by atoms with van der Waals surface area (Å²) in [6, 6.07) is 14.6. The van der Waals surface area contributed by atoms with Gasteiger partial charge < -0.3 is 9.47 Å². The van der Waals surface area contributed by atoms with Crippen LogP contribution in [-0.2, 0) is 0 Å². The first-order valence-electron chi connectivity index (χ1n) is 8.71. The normalized spacial score (nSPS) is 10.6. The van der Waals surface area contributed by atoms with Gasteiger partial charge in [-0.2, -0.15) is 5.10 Å². The molecule has 3 aromatic carbocycles. The number of hydrogen-bond donors (Lipinski definition) is 1. The second kappa shape index (κ2) is 9.42. The fraction of sp³-hybridized carbons (Fsp3) is 0.0455. The third-order valence-electron chi connectivity index (χ3n) is 3.96. The van der Waals surface area contributed by atoms with Crippen LogP contribution in [0.1, 0.15) is 26.3 Å². The van der Waals surface area contributed by atoms with Gasteiger partial charge in [0.2, 0.25) is 0 Å². The molecular formula is C22H16F2N2O4. The fourth-order valence-electron chi connectivity index (χ4n) is 2.42. The maximum atomic E-state index is 13.0. The molecule has 0 radical (unpaired) electrons. The van der Waals surface area contributed by atoms with E-state index in [-0.39, 0.29) is 22.6 Å². The Morgan fingerprint density at radius 2 is 1.47 bits per heavy atom. The van der Waals surface area contributed by atoms with Crippen molar-refractivity contribution in [2.24, 2.45) is 5.10 Å². The number of hydrazone groups is 1. The Bertz CT molecular complexity index is 1080. The molecule has 1 N–H and O–H groups in total. The predicted octanol–water partition coefficient (Wildman–Crippen LogP) is 3.96. The van der Waals surface area contributed by atoms with Crippen molar-refractivity contribution >= 4 is 18.1 Å². The average molecular weight is 410 g/mol. The second-order valence-corrected chi connectivity index (χ2v) is 6.01. The van der Waals surface area contributed by atoms with E-state index >= 15 is 0 Å². The Labute approximate surface area is 170 Å². The van der Waals surface area contributed by atoms with E-state index < -0.39 is 23.5 Å². The van der Waals surface area contributed by atoms with E-state index in [4.69, 9.17) is 9.47 Å². The number of rotatable bonds is 6. The summed E-state index contributed by atoms with van der Waals surface area (Å²) in [6.45, 7) is 0. The molecule has 1 amide bonds. The van der Waals surface area contributed by atoms with Gasteiger partial charge in [-0.05, 0) is 72.3 Å². The van der Waals surface area contributed by atoms with Gasteiger partial charge in [-0.25, -0.2) is 19.0 Å². The molecule has 0 aliphatic rings. The van der Waals surface area contributed by atoms with Crippen molar-refractivity contribution in [1.82, 2.24) is 5.43 Å². The van der Waals surface area contributed by atoms with E-state index in [1.54, 1.807) is 12.1 Å². The van der Waals surface area contributed by atoms with Crippen LogP contribution >= 0.6 is 0 Å². The second-order valence-electron chi connectivity index (χ2n) is 6.01. The van der Waals surface area contributed by atoms with Gasteiger partial charge in [0.1, 0.15) is 11.6 Å². The van der Waals surface area contributed by atoms with E-state index in [1.165, 1.54) is 55.8 Å². The zero-order chi connectivity index (χ0) is 21.5. The number of nitrogens with one attached hydrogen (secondary N) is 1. The van der Waals surface area contributed by atoms with Crippen molar-refractivity contribution in [2.75, 3.05) is 7.11 Å². The van der Waals surface area contributed by atoms with E-state index in [1.807, 2.05) is 0 Å². The van der Waals surface area contributed by atoms with Crippen molar-refractivity contribution in [3.05, 3.63) is 95.1 Å². The summed E-state index contributed by atoms with van der Waals surface area (Å²) < 4.78 is 36.4. The van der Waals surface area contributed by atoms with Gasteiger partial charge in [-0.3, -0.25) is 4.79 Å². The summed E-state index contributed by atoms with van der Waals surface area (Å²) in [7, 11) is 1.40. The van der Waals surface area contributed by atoms with Gasteiger partial charge in [0.25, 0.3) is 5.91 Å². The molecule has 0 aromatic heterocycles. The number of carbonyl (C=O) groups excluding carboxylic acids is 2. The molecule has 0 atom stereocenters. The molecule has 152 valence electrons. The molecule has 8 heteroatoms. The number of benzene rings is 3. The molecule has 0 heterocycles. The predicted molar refractivity (Wildman–Crippen MR) is 106 cm³/mol. The van der Waals surface area contributed by atoms with E-state index in [0.29, 0.717) is 5.56 Å². The van der Waals surface area contributed by atoms with Crippen molar-refractivity contribution in [3.63, 3.8) is 0 Å². The van der Waals surface area contributed by atoms with Crippen LogP contribution in [0.25, 0.3) is 0 Å². The van der Waals surface area contributed by atoms with Crippen molar-refractivity contribution in [2.45, 2.75) is 0 Å². The first-order chi connectivity index (χ1) is 14.5. The number of esters is 1. The molecule has 6 nitrogen and oxygen atoms in total. The molecule has 0 unspecified atom stereocenters. The van der Waals surface area contributed by atoms with Gasteiger partial charge in [0.05, 0.1) is 18.9 Å². The Morgan fingerprint density at radius 1 is 0.867 bits per heavy atom. The highest BCUT2D eigenvalue weighted by Crippen LogP contribution is 2.28. The summed E-state index contributed by atoms with van der Waals surface area (Å²) in [5.41, 5.74) is 3.34. The summed E-state index contributed by atoms with van der Waals surface area (Å²) in [6.07, 6.45) is 1.37. The largest absolute Gasteiger partial charge is 0.493 e. The Kier molecular flexibility index (Phi) is 6.49. The maximum absolute atomic E-state index is 13.0. The SMILES string of the molecule is COc1cc(/C=N\NC(=O)c2ccc(F)cc2)ccc1OC(=O)c1ccc(F)cc1. The molecule has 0 bridgehead atoms. The number of halogens is 2. The lowest BCUT2D eigenvalue weighted by molar-refractivity contribution is 0.0729. The van der Waals surface area contributed by atoms with Gasteiger partial charge in [0, 0.05) is 5.56 Å². The van der Waals surface area contributed by atoms with E-state index in [0.717, 1.165) is 12.1 Å². The third kappa shape index (κ3) is 5.26. The fourth-order valence-corrected chi connectivity index (χ4v) is 2.42. The van der Waals surface area contributed by atoms with Crippen LogP contribution in [0.15, 0.2) is 71.8 Å². The Balaban J connectivity index is 1.66. The maximum Gasteiger partial charge on any atom is 0.343 e. The zero-order valence-electron chi connectivity index (χ0n) is 15.8. The molecule has 0 spiro atoms. The van der Waals surface area contributed by atoms with Crippen molar-refractivity contribution < 1.29 is 27.8 Å². The summed E-state index contributed by atoms with van der Waals surface area (Å²) in [5, 5.41) is 3.85. The number of hydrogen-bond acceptors (Lipinski definition) is 5. The van der Waals surface area contributed by atoms with E-state index in [2.05, 4.69) is 10.5 Å². The molecular weight excluding hydrogens is 394 g/mol. The van der Waals surface area contributed by atoms with E-state index in [9.17, 15) is 18.4 Å². The van der Waals surface area contributed by atoms with Crippen LogP contribution in [0, 0.1) is 11.6 Å². The topological polar surface area (TPSA) is 77.0 Å². The van der Waals surface area contributed by atoms with Crippen LogP contribution in [-0.4, -0.2) is 25.2 Å². The monoisotopic (exact) mass is 410 g/mol. The molecule has 0 aliphatic carbocycles. The lowest BCUT2D eigenvalue weighted by atomic mass is 10.2. The van der Waals surface area contributed by atoms with Crippen molar-refractivity contribution in [1.29, 1.82) is 0 Å². The standard InChI is InChI=1S/C22H16F2N2O4/c1-29-20-12-14(13-25-26-21(27)15-3-7-17(23)8-4-15)2-11-19(20)30-22(28)16-5-9-18(24)10-6-16/h2-13H,1H3,(H,26,27)/b25-13-. The van der Waals surface area contributed by atoms with Gasteiger partial charge >= 0.3 is 5.97 Å². The van der Waals surface area contributed by atoms with Crippen LogP contribution in [0.5, 0.6) is 11.5 Å². The highest BCUT2D eigenvalue weighted by atomic mass is 19.1. The number of carbonyl (C=O) groups is 2. The zero-order valence-corrected chi connectivity index (χ0v) is 15.8. The average Bonchev–Trinajstić information content (AvgIpc) is 2.75. The molecule has 30 heavy (non-hydrogen) atoms. The number of nitrogens with zero attached hydrogens (tertiary/aromatic N) is 1. The molecule has 0 fully saturated rings. The summed E-state index contributed by atoms with van der Waals surface area (Å²) in [5.74, 6) is -1.63. The van der Waals surface area contributed by atoms with Gasteiger partial charge in [0.15, 0.2) is 11.5 Å². The number of amides is 1. The summed E-state index contributed by atoms with van der Waals surface area (Å²) in [4.78, 5) is 24.1. The molecule has 0 saturated heterocycles. The first kappa shape index (κ1) is 20.7. The van der Waals surface area contributed by atoms with Crippen LogP contribution in [0.2, 0.25) is 0 Å². The molecule has 0 saturated carbocycles. The molecule has 3 aromatic rings. The van der Waals surface area contributed by atoms with Crippen LogP contribution in [0.3, 0.4) is 0 Å². The Hall–Kier alpha value is -4.07. The lowest BCUT2D eigenvalue weighted by Crippen LogP contribution is -2.17. The Morgan fingerprint density at radius 3 is 2.07 bits per heavy atom. The molecule has 3 rings (SSSR count). The van der Waals surface area contributed by atoms with Crippen LogP contribution in [0.4, 0.5) is 8.78 Å². The lowest BCUT2D eigenvalue weighted by Gasteiger charge is -2.10. The minimum Gasteiger partial charge on any atom is -0.493 e. The quantitative estimate of drug-likeness (QED) is 0.289. The number of ether oxygens (including phenoxy) is 2.